The molecular formula is C15H25NS2. The first-order chi connectivity index (χ1) is 8.56. The Labute approximate surface area is 120 Å². The molecule has 4 atom stereocenters. The molecule has 1 heterocycles. The van der Waals surface area contributed by atoms with Crippen LogP contribution in [0.15, 0.2) is 12.1 Å². The summed E-state index contributed by atoms with van der Waals surface area (Å²) in [6.45, 7) is 6.72. The van der Waals surface area contributed by atoms with E-state index < -0.39 is 0 Å². The van der Waals surface area contributed by atoms with Crippen LogP contribution < -0.4 is 5.73 Å². The van der Waals surface area contributed by atoms with Crippen molar-refractivity contribution in [2.24, 2.45) is 11.7 Å². The molecule has 1 aliphatic carbocycles. The zero-order chi connectivity index (χ0) is 13.1. The van der Waals surface area contributed by atoms with Gasteiger partial charge in [0.05, 0.1) is 5.25 Å². The standard InChI is InChI=1S/C15H25NS2/c1-10-5-4-6-13(9-10)18-15(12(3)16)14-8-7-11(2)17-14/h7-8,10,12-13,15H,4-6,9,16H2,1-3H3. The summed E-state index contributed by atoms with van der Waals surface area (Å²) in [6, 6.07) is 4.73. The Morgan fingerprint density at radius 2 is 2.17 bits per heavy atom. The number of thioether (sulfide) groups is 1. The number of thiophene rings is 1. The van der Waals surface area contributed by atoms with E-state index in [-0.39, 0.29) is 6.04 Å². The fraction of sp³-hybridized carbons (Fsp3) is 0.733. The molecule has 0 aliphatic heterocycles. The first-order valence-corrected chi connectivity index (χ1v) is 8.79. The zero-order valence-electron chi connectivity index (χ0n) is 11.7. The first-order valence-electron chi connectivity index (χ1n) is 7.03. The molecule has 2 N–H and O–H groups in total. The van der Waals surface area contributed by atoms with Crippen molar-refractivity contribution >= 4 is 23.1 Å². The van der Waals surface area contributed by atoms with Gasteiger partial charge in [0, 0.05) is 21.0 Å². The largest absolute Gasteiger partial charge is 0.327 e. The van der Waals surface area contributed by atoms with Crippen molar-refractivity contribution in [2.75, 3.05) is 0 Å². The van der Waals surface area contributed by atoms with Gasteiger partial charge in [0.15, 0.2) is 0 Å². The lowest BCUT2D eigenvalue weighted by Crippen LogP contribution is -2.25. The van der Waals surface area contributed by atoms with E-state index in [4.69, 9.17) is 5.73 Å². The minimum Gasteiger partial charge on any atom is -0.327 e. The molecule has 4 unspecified atom stereocenters. The van der Waals surface area contributed by atoms with Gasteiger partial charge in [-0.1, -0.05) is 19.8 Å². The average molecular weight is 284 g/mol. The van der Waals surface area contributed by atoms with Gasteiger partial charge in [-0.05, 0) is 44.7 Å². The van der Waals surface area contributed by atoms with Crippen LogP contribution in [0.4, 0.5) is 0 Å². The summed E-state index contributed by atoms with van der Waals surface area (Å²) in [7, 11) is 0. The van der Waals surface area contributed by atoms with E-state index in [9.17, 15) is 0 Å². The van der Waals surface area contributed by atoms with E-state index in [0.717, 1.165) is 11.2 Å². The molecule has 2 rings (SSSR count). The summed E-state index contributed by atoms with van der Waals surface area (Å²) < 4.78 is 0. The summed E-state index contributed by atoms with van der Waals surface area (Å²) in [5.74, 6) is 0.898. The van der Waals surface area contributed by atoms with Crippen molar-refractivity contribution in [1.82, 2.24) is 0 Å². The van der Waals surface area contributed by atoms with Crippen LogP contribution in [-0.2, 0) is 0 Å². The van der Waals surface area contributed by atoms with Crippen molar-refractivity contribution in [3.63, 3.8) is 0 Å². The molecule has 1 saturated carbocycles. The number of aryl methyl sites for hydroxylation is 1. The SMILES string of the molecule is Cc1ccc(C(SC2CCCC(C)C2)C(C)N)s1. The summed E-state index contributed by atoms with van der Waals surface area (Å²) in [5.41, 5.74) is 6.22. The van der Waals surface area contributed by atoms with E-state index >= 15 is 0 Å². The third kappa shape index (κ3) is 3.75. The Kier molecular flexibility index (Phi) is 5.16. The average Bonchev–Trinajstić information content (AvgIpc) is 2.72. The summed E-state index contributed by atoms with van der Waals surface area (Å²) in [5, 5.41) is 1.30. The van der Waals surface area contributed by atoms with E-state index in [1.807, 2.05) is 11.3 Å². The maximum atomic E-state index is 6.22. The molecule has 102 valence electrons. The third-order valence-corrected chi connectivity index (χ3v) is 6.77. The molecule has 1 aliphatic rings. The smallest absolute Gasteiger partial charge is 0.0542 e. The molecule has 3 heteroatoms. The molecule has 0 saturated heterocycles. The lowest BCUT2D eigenvalue weighted by atomic mass is 9.91. The predicted molar refractivity (Wildman–Crippen MR) is 84.5 cm³/mol. The highest BCUT2D eigenvalue weighted by Gasteiger charge is 2.26. The van der Waals surface area contributed by atoms with Gasteiger partial charge in [0.25, 0.3) is 0 Å². The lowest BCUT2D eigenvalue weighted by molar-refractivity contribution is 0.393. The van der Waals surface area contributed by atoms with Crippen molar-refractivity contribution in [3.05, 3.63) is 21.9 Å². The summed E-state index contributed by atoms with van der Waals surface area (Å²) in [6.07, 6.45) is 5.56. The molecular weight excluding hydrogens is 258 g/mol. The molecule has 0 spiro atoms. The van der Waals surface area contributed by atoms with Crippen LogP contribution in [0, 0.1) is 12.8 Å². The van der Waals surface area contributed by atoms with E-state index in [2.05, 4.69) is 44.7 Å². The minimum absolute atomic E-state index is 0.241. The van der Waals surface area contributed by atoms with Crippen LogP contribution >= 0.6 is 23.1 Å². The van der Waals surface area contributed by atoms with Gasteiger partial charge in [-0.2, -0.15) is 0 Å². The highest BCUT2D eigenvalue weighted by molar-refractivity contribution is 8.00. The fourth-order valence-electron chi connectivity index (χ4n) is 2.77. The predicted octanol–water partition coefficient (Wildman–Crippen LogP) is 4.76. The molecule has 0 amide bonds. The second-order valence-corrected chi connectivity index (χ2v) is 8.52. The molecule has 0 bridgehead atoms. The number of nitrogens with two attached hydrogens (primary N) is 1. The highest BCUT2D eigenvalue weighted by Crippen LogP contribution is 2.43. The van der Waals surface area contributed by atoms with Crippen molar-refractivity contribution in [3.8, 4) is 0 Å². The Hall–Kier alpha value is 0.01000. The molecule has 1 aromatic rings. The van der Waals surface area contributed by atoms with Crippen LogP contribution in [-0.4, -0.2) is 11.3 Å². The Balaban J connectivity index is 2.02. The van der Waals surface area contributed by atoms with Gasteiger partial charge in [-0.3, -0.25) is 0 Å². The molecule has 0 radical (unpaired) electrons. The van der Waals surface area contributed by atoms with Crippen molar-refractivity contribution in [1.29, 1.82) is 0 Å². The zero-order valence-corrected chi connectivity index (χ0v) is 13.3. The quantitative estimate of drug-likeness (QED) is 0.862. The second kappa shape index (κ2) is 6.44. The van der Waals surface area contributed by atoms with Crippen LogP contribution in [0.1, 0.15) is 54.5 Å². The van der Waals surface area contributed by atoms with E-state index in [1.165, 1.54) is 35.4 Å². The van der Waals surface area contributed by atoms with Gasteiger partial charge in [-0.25, -0.2) is 0 Å². The van der Waals surface area contributed by atoms with Crippen molar-refractivity contribution < 1.29 is 0 Å². The molecule has 1 fully saturated rings. The van der Waals surface area contributed by atoms with Crippen LogP contribution in [0.5, 0.6) is 0 Å². The van der Waals surface area contributed by atoms with Gasteiger partial charge < -0.3 is 5.73 Å². The number of hydrogen-bond donors (Lipinski definition) is 1. The van der Waals surface area contributed by atoms with Crippen LogP contribution in [0.2, 0.25) is 0 Å². The Morgan fingerprint density at radius 1 is 1.39 bits per heavy atom. The summed E-state index contributed by atoms with van der Waals surface area (Å²) in [4.78, 5) is 2.86. The first kappa shape index (κ1) is 14.4. The molecule has 1 nitrogen and oxygen atoms in total. The Bertz CT molecular complexity index is 372. The summed E-state index contributed by atoms with van der Waals surface area (Å²) >= 11 is 4.04. The minimum atomic E-state index is 0.241. The Morgan fingerprint density at radius 3 is 2.72 bits per heavy atom. The molecule has 18 heavy (non-hydrogen) atoms. The lowest BCUT2D eigenvalue weighted by Gasteiger charge is -2.30. The normalized spacial score (nSPS) is 28.0. The maximum absolute atomic E-state index is 6.22. The van der Waals surface area contributed by atoms with Gasteiger partial charge in [-0.15, -0.1) is 23.1 Å². The van der Waals surface area contributed by atoms with Gasteiger partial charge >= 0.3 is 0 Å². The topological polar surface area (TPSA) is 26.0 Å². The molecule has 0 aromatic carbocycles. The number of rotatable bonds is 4. The van der Waals surface area contributed by atoms with Gasteiger partial charge in [0.1, 0.15) is 0 Å². The van der Waals surface area contributed by atoms with Crippen LogP contribution in [0.3, 0.4) is 0 Å². The van der Waals surface area contributed by atoms with E-state index in [0.29, 0.717) is 5.25 Å². The molecule has 1 aromatic heterocycles. The number of hydrogen-bond acceptors (Lipinski definition) is 3. The monoisotopic (exact) mass is 283 g/mol. The maximum Gasteiger partial charge on any atom is 0.0542 e. The van der Waals surface area contributed by atoms with Crippen LogP contribution in [0.25, 0.3) is 0 Å². The van der Waals surface area contributed by atoms with Crippen molar-refractivity contribution in [2.45, 2.75) is 63.0 Å². The third-order valence-electron chi connectivity index (χ3n) is 3.75. The van der Waals surface area contributed by atoms with Gasteiger partial charge in [0.2, 0.25) is 0 Å². The fourth-order valence-corrected chi connectivity index (χ4v) is 5.67. The highest BCUT2D eigenvalue weighted by atomic mass is 32.2. The second-order valence-electron chi connectivity index (χ2n) is 5.76. The van der Waals surface area contributed by atoms with E-state index in [1.54, 1.807) is 0 Å².